The quantitative estimate of drug-likeness (QED) is 0.0482. The van der Waals surface area contributed by atoms with Gasteiger partial charge in [0.1, 0.15) is 0 Å². The summed E-state index contributed by atoms with van der Waals surface area (Å²) in [4.78, 5) is 12.1. The third-order valence-corrected chi connectivity index (χ3v) is 12.5. The van der Waals surface area contributed by atoms with Crippen molar-refractivity contribution in [1.29, 1.82) is 0 Å². The van der Waals surface area contributed by atoms with Crippen molar-refractivity contribution >= 4 is 5.97 Å². The smallest absolute Gasteiger partial charge is 0.545 e. The Morgan fingerprint density at radius 2 is 0.541 bits per heavy atom. The number of ether oxygens (including phenoxy) is 3. The second kappa shape index (κ2) is 49.2. The van der Waals surface area contributed by atoms with E-state index in [0.717, 1.165) is 38.5 Å². The molecule has 0 atom stereocenters. The number of carbonyl (C=O) groups excluding carboxylic acids is 1. The number of hydrogen-bond donors (Lipinski definition) is 0. The summed E-state index contributed by atoms with van der Waals surface area (Å²) in [6.07, 6.45) is 55.1. The van der Waals surface area contributed by atoms with Crippen LogP contribution >= 0.6 is 0 Å². The maximum Gasteiger partial charge on any atom is 1.00 e. The summed E-state index contributed by atoms with van der Waals surface area (Å²) in [6, 6.07) is 3.16. The summed E-state index contributed by atoms with van der Waals surface area (Å²) >= 11 is 0. The molecule has 0 bridgehead atoms. The van der Waals surface area contributed by atoms with Crippen molar-refractivity contribution in [3.05, 3.63) is 17.7 Å². The minimum Gasteiger partial charge on any atom is -0.545 e. The van der Waals surface area contributed by atoms with E-state index in [9.17, 15) is 9.90 Å². The maximum absolute atomic E-state index is 12.1. The van der Waals surface area contributed by atoms with E-state index in [0.29, 0.717) is 37.1 Å². The van der Waals surface area contributed by atoms with Crippen molar-refractivity contribution in [2.24, 2.45) is 0 Å². The predicted molar refractivity (Wildman–Crippen MR) is 258 cm³/mol. The van der Waals surface area contributed by atoms with Gasteiger partial charge >= 0.3 is 51.4 Å². The summed E-state index contributed by atoms with van der Waals surface area (Å²) < 4.78 is 19.0. The number of hydrogen-bond acceptors (Lipinski definition) is 5. The summed E-state index contributed by atoms with van der Waals surface area (Å²) in [7, 11) is 0. The van der Waals surface area contributed by atoms with E-state index in [1.165, 1.54) is 231 Å². The number of unbranched alkanes of at least 4 members (excludes halogenated alkanes) is 39. The van der Waals surface area contributed by atoms with Gasteiger partial charge in [-0.05, 0) is 31.4 Å². The number of rotatable bonds is 49. The molecule has 0 aliphatic rings. The van der Waals surface area contributed by atoms with E-state index in [1.807, 2.05) is 0 Å². The fraction of sp³-hybridized carbons (Fsp3) is 0.873. The van der Waals surface area contributed by atoms with Gasteiger partial charge in [-0.3, -0.25) is 0 Å². The van der Waals surface area contributed by atoms with Crippen LogP contribution < -0.4 is 70.7 Å². The first-order valence-corrected chi connectivity index (χ1v) is 26.9. The second-order valence-electron chi connectivity index (χ2n) is 18.4. The van der Waals surface area contributed by atoms with Crippen molar-refractivity contribution in [3.63, 3.8) is 0 Å². The number of carbonyl (C=O) groups is 1. The van der Waals surface area contributed by atoms with E-state index < -0.39 is 5.97 Å². The molecule has 5 nitrogen and oxygen atoms in total. The molecule has 0 heterocycles. The van der Waals surface area contributed by atoms with Crippen LogP contribution in [0.25, 0.3) is 0 Å². The third-order valence-electron chi connectivity index (χ3n) is 12.5. The van der Waals surface area contributed by atoms with Gasteiger partial charge in [0.05, 0.1) is 25.8 Å². The Labute approximate surface area is 423 Å². The molecule has 6 heteroatoms. The van der Waals surface area contributed by atoms with Gasteiger partial charge in [-0.15, -0.1) is 0 Å². The van der Waals surface area contributed by atoms with Crippen molar-refractivity contribution < 1.29 is 75.5 Å². The van der Waals surface area contributed by atoms with Gasteiger partial charge in [0.25, 0.3) is 0 Å². The Balaban J connectivity index is 0.0000360. The Morgan fingerprint density at radius 3 is 0.754 bits per heavy atom. The molecule has 0 unspecified atom stereocenters. The Kier molecular flexibility index (Phi) is 48.9. The average Bonchev–Trinajstić information content (AvgIpc) is 3.25. The first-order chi connectivity index (χ1) is 29.6. The van der Waals surface area contributed by atoms with Crippen LogP contribution in [0, 0.1) is 0 Å². The first-order valence-electron chi connectivity index (χ1n) is 26.9. The molecule has 0 spiro atoms. The molecule has 1 aromatic carbocycles. The molecule has 61 heavy (non-hydrogen) atoms. The Morgan fingerprint density at radius 1 is 0.344 bits per heavy atom. The zero-order chi connectivity index (χ0) is 43.2. The molecule has 1 aromatic rings. The summed E-state index contributed by atoms with van der Waals surface area (Å²) in [6.45, 7) is 8.52. The SMILES string of the molecule is CCCCCCCCCCCCCCCCOc1cc(C(=O)[O-])cc(OCCCCCCCCCCCCCCCC)c1OCCCCCCCCCCCCCCCC.[K+]. The number of carboxylic acid groups (broad SMARTS) is 1. The molecule has 0 aliphatic carbocycles. The summed E-state index contributed by atoms with van der Waals surface area (Å²) in [5.41, 5.74) is 0.0887. The zero-order valence-corrected chi connectivity index (χ0v) is 44.6. The van der Waals surface area contributed by atoms with Crippen LogP contribution in [-0.4, -0.2) is 25.8 Å². The standard InChI is InChI=1S/C55H102O5.K/c1-4-7-10-13-16-19-22-25-28-31-34-37-40-43-46-58-52-49-51(55(56)57)50-53(59-47-44-41-38-35-32-29-26-23-20-17-14-11-8-5-2)54(52)60-48-45-42-39-36-33-30-27-24-21-18-15-12-9-6-3;/h49-50H,4-48H2,1-3H3,(H,56,57);/q;+1/p-1. The van der Waals surface area contributed by atoms with Crippen molar-refractivity contribution in [3.8, 4) is 17.2 Å². The predicted octanol–water partition coefficient (Wildman–Crippen LogP) is 14.6. The van der Waals surface area contributed by atoms with E-state index in [2.05, 4.69) is 20.8 Å². The summed E-state index contributed by atoms with van der Waals surface area (Å²) in [5.74, 6) is 0.307. The summed E-state index contributed by atoms with van der Waals surface area (Å²) in [5, 5.41) is 12.1. The molecule has 0 radical (unpaired) electrons. The molecule has 1 rings (SSSR count). The van der Waals surface area contributed by atoms with Crippen LogP contribution in [0.1, 0.15) is 301 Å². The van der Waals surface area contributed by atoms with Crippen molar-refractivity contribution in [1.82, 2.24) is 0 Å². The van der Waals surface area contributed by atoms with Crippen LogP contribution in [0.2, 0.25) is 0 Å². The molecule has 0 fully saturated rings. The van der Waals surface area contributed by atoms with E-state index in [1.54, 1.807) is 12.1 Å². The van der Waals surface area contributed by atoms with E-state index >= 15 is 0 Å². The molecule has 0 aliphatic heterocycles. The molecule has 0 amide bonds. The largest absolute Gasteiger partial charge is 1.00 e. The van der Waals surface area contributed by atoms with Gasteiger partial charge in [-0.1, -0.05) is 271 Å². The van der Waals surface area contributed by atoms with Crippen LogP contribution in [0.4, 0.5) is 0 Å². The van der Waals surface area contributed by atoms with Gasteiger partial charge in [-0.2, -0.15) is 0 Å². The average molecular weight is 882 g/mol. The molecular formula is C55H101KO5. The van der Waals surface area contributed by atoms with Gasteiger partial charge in [-0.25, -0.2) is 0 Å². The topological polar surface area (TPSA) is 67.8 Å². The molecule has 0 saturated carbocycles. The monoisotopic (exact) mass is 881 g/mol. The fourth-order valence-electron chi connectivity index (χ4n) is 8.48. The van der Waals surface area contributed by atoms with E-state index in [4.69, 9.17) is 14.2 Å². The van der Waals surface area contributed by atoms with Gasteiger partial charge in [0.2, 0.25) is 5.75 Å². The van der Waals surface area contributed by atoms with Crippen LogP contribution in [0.15, 0.2) is 12.1 Å². The van der Waals surface area contributed by atoms with Gasteiger partial charge in [0, 0.05) is 5.56 Å². The van der Waals surface area contributed by atoms with Gasteiger partial charge < -0.3 is 24.1 Å². The molecule has 352 valence electrons. The number of carboxylic acids is 1. The van der Waals surface area contributed by atoms with Crippen LogP contribution in [0.3, 0.4) is 0 Å². The van der Waals surface area contributed by atoms with Crippen LogP contribution in [0.5, 0.6) is 17.2 Å². The molecule has 0 saturated heterocycles. The Hall–Kier alpha value is -0.274. The van der Waals surface area contributed by atoms with Gasteiger partial charge in [0.15, 0.2) is 11.5 Å². The Bertz CT molecular complexity index is 992. The third kappa shape index (κ3) is 39.8. The van der Waals surface area contributed by atoms with Crippen molar-refractivity contribution in [2.45, 2.75) is 290 Å². The molecule has 0 aromatic heterocycles. The normalized spacial score (nSPS) is 11.2. The number of aromatic carboxylic acids is 1. The van der Waals surface area contributed by atoms with Crippen LogP contribution in [-0.2, 0) is 0 Å². The second-order valence-corrected chi connectivity index (χ2v) is 18.4. The number of benzene rings is 1. The van der Waals surface area contributed by atoms with Crippen molar-refractivity contribution in [2.75, 3.05) is 19.8 Å². The van der Waals surface area contributed by atoms with E-state index in [-0.39, 0.29) is 56.9 Å². The fourth-order valence-corrected chi connectivity index (χ4v) is 8.48. The first kappa shape index (κ1) is 60.7. The maximum atomic E-state index is 12.1. The minimum atomic E-state index is -1.21. The molecule has 0 N–H and O–H groups in total. The minimum absolute atomic E-state index is 0. The molecular weight excluding hydrogens is 780 g/mol. The zero-order valence-electron chi connectivity index (χ0n) is 41.5.